The lowest BCUT2D eigenvalue weighted by atomic mass is 10.0. The van der Waals surface area contributed by atoms with Gasteiger partial charge in [0, 0.05) is 25.3 Å². The molecule has 0 spiro atoms. The second kappa shape index (κ2) is 8.93. The highest BCUT2D eigenvalue weighted by molar-refractivity contribution is 6.11. The largest absolute Gasteiger partial charge is 0.340 e. The highest BCUT2D eigenvalue weighted by atomic mass is 16.2. The zero-order chi connectivity index (χ0) is 22.8. The van der Waals surface area contributed by atoms with E-state index in [1.165, 1.54) is 11.0 Å². The van der Waals surface area contributed by atoms with Crippen LogP contribution in [0, 0.1) is 0 Å². The van der Waals surface area contributed by atoms with Crippen molar-refractivity contribution < 1.29 is 4.79 Å². The van der Waals surface area contributed by atoms with Gasteiger partial charge in [0.05, 0.1) is 10.9 Å². The predicted molar refractivity (Wildman–Crippen MR) is 121 cm³/mol. The fourth-order valence-corrected chi connectivity index (χ4v) is 3.92. The van der Waals surface area contributed by atoms with Crippen LogP contribution in [0.25, 0.3) is 11.0 Å². The maximum atomic E-state index is 13.2. The number of nitrogens with one attached hydrogen (secondary N) is 3. The molecular weight excluding hydrogens is 412 g/mol. The number of anilines is 2. The van der Waals surface area contributed by atoms with Crippen molar-refractivity contribution in [2.45, 2.75) is 58.9 Å². The van der Waals surface area contributed by atoms with E-state index in [9.17, 15) is 14.4 Å². The van der Waals surface area contributed by atoms with Crippen LogP contribution in [-0.4, -0.2) is 48.7 Å². The number of hydrogen-bond donors (Lipinski definition) is 3. The Labute approximate surface area is 184 Å². The summed E-state index contributed by atoms with van der Waals surface area (Å²) in [7, 11) is 0. The number of rotatable bonds is 6. The molecule has 0 saturated carbocycles. The molecular formula is C21H28N8O3. The number of fused-ring (bicyclic) bond motifs is 1. The third-order valence-electron chi connectivity index (χ3n) is 5.60. The summed E-state index contributed by atoms with van der Waals surface area (Å²) in [5.74, 6) is 0.210. The summed E-state index contributed by atoms with van der Waals surface area (Å²) in [6.07, 6.45) is 4.03. The number of aromatic nitrogens is 6. The topological polar surface area (TPSA) is 142 Å². The van der Waals surface area contributed by atoms with Crippen LogP contribution >= 0.6 is 0 Å². The number of pyridine rings is 1. The third kappa shape index (κ3) is 4.14. The van der Waals surface area contributed by atoms with Gasteiger partial charge in [-0.25, -0.2) is 14.9 Å². The Morgan fingerprint density at radius 1 is 1.19 bits per heavy atom. The zero-order valence-corrected chi connectivity index (χ0v) is 18.6. The van der Waals surface area contributed by atoms with Crippen molar-refractivity contribution in [1.82, 2.24) is 29.7 Å². The molecule has 4 rings (SSSR count). The Bertz CT molecular complexity index is 1250. The standard InChI is InChI=1S/C21H28N8O3/c1-4-8-29-16-15(18(31)24-21(29)32)13(11-14(22-16)12(2)3)17(30)23-19-25-20(27-26-19)28-9-6-5-7-10-28/h11-12H,4-10H2,1-3H3,(H,24,31,32)(H2,23,25,26,27,30). The van der Waals surface area contributed by atoms with Gasteiger partial charge in [0.15, 0.2) is 5.65 Å². The molecule has 0 radical (unpaired) electrons. The van der Waals surface area contributed by atoms with E-state index in [0.717, 1.165) is 25.9 Å². The minimum atomic E-state index is -0.642. The predicted octanol–water partition coefficient (Wildman–Crippen LogP) is 1.98. The molecule has 1 fully saturated rings. The van der Waals surface area contributed by atoms with Crippen molar-refractivity contribution >= 4 is 28.8 Å². The molecule has 32 heavy (non-hydrogen) atoms. The summed E-state index contributed by atoms with van der Waals surface area (Å²) < 4.78 is 1.41. The molecule has 3 N–H and O–H groups in total. The number of H-pyrrole nitrogens is 2. The van der Waals surface area contributed by atoms with Gasteiger partial charge in [0.2, 0.25) is 11.9 Å². The quantitative estimate of drug-likeness (QED) is 0.532. The van der Waals surface area contributed by atoms with E-state index >= 15 is 0 Å². The first-order valence-electron chi connectivity index (χ1n) is 11.1. The van der Waals surface area contributed by atoms with Crippen LogP contribution in [0.1, 0.15) is 68.4 Å². The van der Waals surface area contributed by atoms with Crippen LogP contribution < -0.4 is 21.5 Å². The van der Waals surface area contributed by atoms with Crippen molar-refractivity contribution in [1.29, 1.82) is 0 Å². The lowest BCUT2D eigenvalue weighted by Gasteiger charge is -2.24. The lowest BCUT2D eigenvalue weighted by molar-refractivity contribution is 0.102. The lowest BCUT2D eigenvalue weighted by Crippen LogP contribution is -2.32. The Balaban J connectivity index is 1.75. The molecule has 3 aromatic rings. The fourth-order valence-electron chi connectivity index (χ4n) is 3.92. The van der Waals surface area contributed by atoms with Crippen LogP contribution in [0.2, 0.25) is 0 Å². The summed E-state index contributed by atoms with van der Waals surface area (Å²) in [6.45, 7) is 7.93. The Kier molecular flexibility index (Phi) is 6.06. The van der Waals surface area contributed by atoms with Gasteiger partial charge in [-0.1, -0.05) is 20.8 Å². The number of amides is 1. The molecule has 0 aromatic carbocycles. The summed E-state index contributed by atoms with van der Waals surface area (Å²) in [4.78, 5) is 51.6. The molecule has 1 saturated heterocycles. The first-order valence-corrected chi connectivity index (χ1v) is 11.1. The van der Waals surface area contributed by atoms with Gasteiger partial charge in [-0.3, -0.25) is 24.5 Å². The normalized spacial score (nSPS) is 14.3. The summed E-state index contributed by atoms with van der Waals surface area (Å²) >= 11 is 0. The van der Waals surface area contributed by atoms with Gasteiger partial charge in [-0.15, -0.1) is 5.10 Å². The Morgan fingerprint density at radius 2 is 1.94 bits per heavy atom. The van der Waals surface area contributed by atoms with Crippen molar-refractivity contribution in [3.8, 4) is 0 Å². The van der Waals surface area contributed by atoms with Gasteiger partial charge in [-0.2, -0.15) is 4.98 Å². The molecule has 0 bridgehead atoms. The molecule has 0 aliphatic carbocycles. The second-order valence-electron chi connectivity index (χ2n) is 8.34. The maximum absolute atomic E-state index is 13.2. The van der Waals surface area contributed by atoms with Crippen LogP contribution in [0.5, 0.6) is 0 Å². The average Bonchev–Trinajstić information content (AvgIpc) is 3.24. The van der Waals surface area contributed by atoms with Crippen LogP contribution in [0.4, 0.5) is 11.9 Å². The van der Waals surface area contributed by atoms with E-state index in [4.69, 9.17) is 0 Å². The third-order valence-corrected chi connectivity index (χ3v) is 5.60. The molecule has 1 amide bonds. The van der Waals surface area contributed by atoms with Crippen LogP contribution in [0.3, 0.4) is 0 Å². The van der Waals surface area contributed by atoms with Gasteiger partial charge in [0.1, 0.15) is 0 Å². The number of carbonyl (C=O) groups excluding carboxylic acids is 1. The van der Waals surface area contributed by atoms with Gasteiger partial charge in [-0.05, 0) is 37.7 Å². The number of aromatic amines is 2. The number of aryl methyl sites for hydroxylation is 1. The van der Waals surface area contributed by atoms with Crippen molar-refractivity contribution in [2.75, 3.05) is 23.3 Å². The number of nitrogens with zero attached hydrogens (tertiary/aromatic N) is 5. The number of hydrogen-bond acceptors (Lipinski definition) is 7. The minimum Gasteiger partial charge on any atom is -0.340 e. The molecule has 11 nitrogen and oxygen atoms in total. The fraction of sp³-hybridized carbons (Fsp3) is 0.524. The average molecular weight is 441 g/mol. The van der Waals surface area contributed by atoms with E-state index in [-0.39, 0.29) is 28.5 Å². The number of piperidine rings is 1. The van der Waals surface area contributed by atoms with E-state index in [1.807, 2.05) is 20.8 Å². The first kappa shape index (κ1) is 21.7. The monoisotopic (exact) mass is 440 g/mol. The van der Waals surface area contributed by atoms with Gasteiger partial charge < -0.3 is 4.90 Å². The Morgan fingerprint density at radius 3 is 2.62 bits per heavy atom. The van der Waals surface area contributed by atoms with Crippen molar-refractivity contribution in [2.24, 2.45) is 0 Å². The number of carbonyl (C=O) groups is 1. The van der Waals surface area contributed by atoms with Crippen LogP contribution in [0.15, 0.2) is 15.7 Å². The summed E-state index contributed by atoms with van der Waals surface area (Å²) in [5.41, 5.74) is -0.212. The van der Waals surface area contributed by atoms with Crippen molar-refractivity contribution in [3.05, 3.63) is 38.2 Å². The van der Waals surface area contributed by atoms with Crippen molar-refractivity contribution in [3.63, 3.8) is 0 Å². The maximum Gasteiger partial charge on any atom is 0.329 e. The summed E-state index contributed by atoms with van der Waals surface area (Å²) in [5, 5.41) is 9.75. The minimum absolute atomic E-state index is 0.00796. The van der Waals surface area contributed by atoms with Gasteiger partial charge >= 0.3 is 5.69 Å². The van der Waals surface area contributed by atoms with E-state index < -0.39 is 17.2 Å². The van der Waals surface area contributed by atoms with Gasteiger partial charge in [0.25, 0.3) is 11.5 Å². The molecule has 0 atom stereocenters. The molecule has 1 aliphatic rings. The first-order chi connectivity index (χ1) is 15.4. The second-order valence-corrected chi connectivity index (χ2v) is 8.34. The van der Waals surface area contributed by atoms with E-state index in [1.54, 1.807) is 6.07 Å². The van der Waals surface area contributed by atoms with E-state index in [0.29, 0.717) is 24.6 Å². The highest BCUT2D eigenvalue weighted by Gasteiger charge is 2.22. The Hall–Kier alpha value is -3.50. The molecule has 0 unspecified atom stereocenters. The molecule has 11 heteroatoms. The zero-order valence-electron chi connectivity index (χ0n) is 18.6. The molecule has 4 heterocycles. The smallest absolute Gasteiger partial charge is 0.329 e. The van der Waals surface area contributed by atoms with E-state index in [2.05, 4.69) is 35.4 Å². The van der Waals surface area contributed by atoms with Crippen LogP contribution in [-0.2, 0) is 6.54 Å². The molecule has 1 aliphatic heterocycles. The SMILES string of the molecule is CCCn1c(=O)[nH]c(=O)c2c(C(=O)Nc3nc(N4CCCCC4)n[nH]3)cc(C(C)C)nc21. The highest BCUT2D eigenvalue weighted by Crippen LogP contribution is 2.21. The summed E-state index contributed by atoms with van der Waals surface area (Å²) in [6, 6.07) is 1.60. The molecule has 3 aromatic heterocycles. The molecule has 170 valence electrons.